The SMILES string of the molecule is C=C/C(=C\C(=C/C)C(F)(F)F)c1sc(NC(=O)c2c(F)cccc2F)nc1-c1csc(C)n1. The van der Waals surface area contributed by atoms with Crippen LogP contribution in [0, 0.1) is 18.6 Å². The van der Waals surface area contributed by atoms with Gasteiger partial charge in [0.2, 0.25) is 0 Å². The molecule has 2 aromatic heterocycles. The van der Waals surface area contributed by atoms with Crippen LogP contribution >= 0.6 is 22.7 Å². The first-order chi connectivity index (χ1) is 15.5. The molecule has 0 aliphatic carbocycles. The van der Waals surface area contributed by atoms with Gasteiger partial charge < -0.3 is 0 Å². The van der Waals surface area contributed by atoms with E-state index in [9.17, 15) is 26.7 Å². The van der Waals surface area contributed by atoms with Crippen molar-refractivity contribution in [2.75, 3.05) is 5.32 Å². The largest absolute Gasteiger partial charge is 0.416 e. The molecular weight excluding hydrogens is 481 g/mol. The molecule has 0 saturated heterocycles. The summed E-state index contributed by atoms with van der Waals surface area (Å²) in [6.45, 7) is 6.60. The Bertz CT molecular complexity index is 1250. The standard InChI is InChI=1S/C22H16F5N3OS2/c1-4-12(9-13(5-2)22(25,26)27)19-18(16-10-32-11(3)28-16)29-21(33-19)30-20(31)17-14(23)7-6-8-15(17)24/h4-10H,1H2,2-3H3,(H,29,30,31)/b12-9+,13-5+. The van der Waals surface area contributed by atoms with Crippen molar-refractivity contribution in [1.29, 1.82) is 0 Å². The quantitative estimate of drug-likeness (QED) is 0.290. The Kier molecular flexibility index (Phi) is 7.23. The Labute approximate surface area is 193 Å². The number of allylic oxidation sites excluding steroid dienone is 5. The fourth-order valence-corrected chi connectivity index (χ4v) is 4.38. The van der Waals surface area contributed by atoms with E-state index in [1.165, 1.54) is 24.3 Å². The number of anilines is 1. The Morgan fingerprint density at radius 3 is 2.36 bits per heavy atom. The number of alkyl halides is 3. The highest BCUT2D eigenvalue weighted by Gasteiger charge is 2.32. The number of carbonyl (C=O) groups is 1. The van der Waals surface area contributed by atoms with Gasteiger partial charge in [-0.2, -0.15) is 13.2 Å². The Morgan fingerprint density at radius 1 is 1.18 bits per heavy atom. The van der Waals surface area contributed by atoms with E-state index in [1.54, 1.807) is 12.3 Å². The Hall–Kier alpha value is -3.18. The number of carbonyl (C=O) groups excluding carboxylic acids is 1. The van der Waals surface area contributed by atoms with Gasteiger partial charge in [0.1, 0.15) is 28.6 Å². The van der Waals surface area contributed by atoms with Crippen molar-refractivity contribution in [2.24, 2.45) is 0 Å². The van der Waals surface area contributed by atoms with Gasteiger partial charge in [-0.05, 0) is 37.6 Å². The molecule has 0 bridgehead atoms. The lowest BCUT2D eigenvalue weighted by Crippen LogP contribution is -2.15. The second kappa shape index (κ2) is 9.75. The van der Waals surface area contributed by atoms with Gasteiger partial charge in [0.05, 0.1) is 15.5 Å². The van der Waals surface area contributed by atoms with Crippen LogP contribution in [-0.4, -0.2) is 22.1 Å². The second-order valence-corrected chi connectivity index (χ2v) is 8.61. The zero-order valence-electron chi connectivity index (χ0n) is 17.3. The molecule has 4 nitrogen and oxygen atoms in total. The number of halogens is 5. The highest BCUT2D eigenvalue weighted by atomic mass is 32.1. The zero-order chi connectivity index (χ0) is 24.3. The first-order valence-electron chi connectivity index (χ1n) is 9.31. The summed E-state index contributed by atoms with van der Waals surface area (Å²) >= 11 is 2.14. The molecule has 0 unspecified atom stereocenters. The van der Waals surface area contributed by atoms with E-state index < -0.39 is 34.9 Å². The molecule has 0 saturated carbocycles. The van der Waals surface area contributed by atoms with Crippen LogP contribution in [0.1, 0.15) is 27.2 Å². The third-order valence-electron chi connectivity index (χ3n) is 4.33. The number of hydrogen-bond donors (Lipinski definition) is 1. The predicted molar refractivity (Wildman–Crippen MR) is 120 cm³/mol. The van der Waals surface area contributed by atoms with Gasteiger partial charge in [0, 0.05) is 5.38 Å². The minimum Gasteiger partial charge on any atom is -0.298 e. The molecule has 1 amide bonds. The third kappa shape index (κ3) is 5.42. The van der Waals surface area contributed by atoms with Gasteiger partial charge in [0.15, 0.2) is 5.13 Å². The van der Waals surface area contributed by atoms with E-state index in [4.69, 9.17) is 0 Å². The number of thiazole rings is 2. The molecule has 3 rings (SSSR count). The van der Waals surface area contributed by atoms with Crippen molar-refractivity contribution in [3.63, 3.8) is 0 Å². The molecule has 172 valence electrons. The van der Waals surface area contributed by atoms with Gasteiger partial charge in [0.25, 0.3) is 5.91 Å². The van der Waals surface area contributed by atoms with Crippen molar-refractivity contribution in [1.82, 2.24) is 9.97 Å². The van der Waals surface area contributed by atoms with Gasteiger partial charge in [-0.15, -0.1) is 11.3 Å². The van der Waals surface area contributed by atoms with Crippen molar-refractivity contribution in [3.05, 3.63) is 81.0 Å². The maximum Gasteiger partial charge on any atom is 0.416 e. The molecule has 11 heteroatoms. The number of rotatable bonds is 6. The van der Waals surface area contributed by atoms with Gasteiger partial charge in [-0.1, -0.05) is 36.1 Å². The van der Waals surface area contributed by atoms with Crippen molar-refractivity contribution < 1.29 is 26.7 Å². The Morgan fingerprint density at radius 2 is 1.85 bits per heavy atom. The molecule has 0 atom stereocenters. The van der Waals surface area contributed by atoms with E-state index >= 15 is 0 Å². The lowest BCUT2D eigenvalue weighted by Gasteiger charge is -2.09. The van der Waals surface area contributed by atoms with Crippen molar-refractivity contribution in [2.45, 2.75) is 20.0 Å². The van der Waals surface area contributed by atoms with E-state index in [0.29, 0.717) is 10.7 Å². The fourth-order valence-electron chi connectivity index (χ4n) is 2.80. The molecule has 0 fully saturated rings. The first kappa shape index (κ1) is 24.5. The first-order valence-corrected chi connectivity index (χ1v) is 11.0. The predicted octanol–water partition coefficient (Wildman–Crippen LogP) is 7.18. The number of hydrogen-bond acceptors (Lipinski definition) is 5. The summed E-state index contributed by atoms with van der Waals surface area (Å²) in [6.07, 6.45) is -1.54. The van der Waals surface area contributed by atoms with Crippen LogP contribution in [0.25, 0.3) is 17.0 Å². The van der Waals surface area contributed by atoms with Crippen LogP contribution in [0.4, 0.5) is 27.1 Å². The highest BCUT2D eigenvalue weighted by molar-refractivity contribution is 7.17. The molecule has 2 heterocycles. The molecule has 1 N–H and O–H groups in total. The number of nitrogens with zero attached hydrogens (tertiary/aromatic N) is 2. The van der Waals surface area contributed by atoms with Crippen LogP contribution in [0.5, 0.6) is 0 Å². The summed E-state index contributed by atoms with van der Waals surface area (Å²) in [4.78, 5) is 21.3. The van der Waals surface area contributed by atoms with Crippen LogP contribution in [0.3, 0.4) is 0 Å². The van der Waals surface area contributed by atoms with E-state index in [-0.39, 0.29) is 21.3 Å². The third-order valence-corrected chi connectivity index (χ3v) is 6.12. The molecule has 33 heavy (non-hydrogen) atoms. The second-order valence-electron chi connectivity index (χ2n) is 6.54. The lowest BCUT2D eigenvalue weighted by molar-refractivity contribution is -0.0882. The summed E-state index contributed by atoms with van der Waals surface area (Å²) in [7, 11) is 0. The van der Waals surface area contributed by atoms with Crippen LogP contribution < -0.4 is 5.32 Å². The highest BCUT2D eigenvalue weighted by Crippen LogP contribution is 2.39. The number of amides is 1. The minimum atomic E-state index is -4.59. The van der Waals surface area contributed by atoms with Gasteiger partial charge >= 0.3 is 6.18 Å². The summed E-state index contributed by atoms with van der Waals surface area (Å²) < 4.78 is 67.8. The minimum absolute atomic E-state index is 0.0694. The van der Waals surface area contributed by atoms with Crippen molar-refractivity contribution in [3.8, 4) is 11.4 Å². The topological polar surface area (TPSA) is 54.9 Å². The number of benzene rings is 1. The number of nitrogens with one attached hydrogen (secondary N) is 1. The summed E-state index contributed by atoms with van der Waals surface area (Å²) in [5.41, 5.74) is -1.02. The zero-order valence-corrected chi connectivity index (χ0v) is 18.9. The fraction of sp³-hybridized carbons (Fsp3) is 0.136. The van der Waals surface area contributed by atoms with Crippen molar-refractivity contribution >= 4 is 39.3 Å². The maximum atomic E-state index is 14.0. The normalized spacial score (nSPS) is 12.7. The molecule has 0 aliphatic rings. The summed E-state index contributed by atoms with van der Waals surface area (Å²) in [6, 6.07) is 2.98. The van der Waals surface area contributed by atoms with E-state index in [2.05, 4.69) is 21.9 Å². The average molecular weight is 498 g/mol. The molecule has 0 spiro atoms. The molecular formula is C22H16F5N3OS2. The molecule has 0 radical (unpaired) electrons. The number of aryl methyl sites for hydroxylation is 1. The van der Waals surface area contributed by atoms with E-state index in [0.717, 1.165) is 41.7 Å². The summed E-state index contributed by atoms with van der Waals surface area (Å²) in [5.74, 6) is -3.20. The van der Waals surface area contributed by atoms with E-state index in [1.807, 2.05) is 0 Å². The average Bonchev–Trinajstić information content (AvgIpc) is 3.34. The lowest BCUT2D eigenvalue weighted by atomic mass is 10.1. The van der Waals surface area contributed by atoms with Gasteiger partial charge in [-0.3, -0.25) is 10.1 Å². The van der Waals surface area contributed by atoms with Gasteiger partial charge in [-0.25, -0.2) is 18.7 Å². The van der Waals surface area contributed by atoms with Crippen LogP contribution in [-0.2, 0) is 0 Å². The maximum absolute atomic E-state index is 14.0. The van der Waals surface area contributed by atoms with Crippen LogP contribution in [0.15, 0.2) is 54.0 Å². The monoisotopic (exact) mass is 497 g/mol. The molecule has 0 aliphatic heterocycles. The summed E-state index contributed by atoms with van der Waals surface area (Å²) in [5, 5.41) is 4.61. The number of aromatic nitrogens is 2. The molecule has 1 aromatic carbocycles. The van der Waals surface area contributed by atoms with Crippen LogP contribution in [0.2, 0.25) is 0 Å². The smallest absolute Gasteiger partial charge is 0.298 e. The molecule has 3 aromatic rings. The Balaban J connectivity index is 2.10.